The van der Waals surface area contributed by atoms with E-state index in [-0.39, 0.29) is 10.8 Å². The Bertz CT molecular complexity index is 884. The number of carbonyl (C=O) groups excluding carboxylic acids is 1. The Labute approximate surface area is 141 Å². The molecular formula is C17H19N3O3S. The summed E-state index contributed by atoms with van der Waals surface area (Å²) in [5.74, 6) is 0.230. The Morgan fingerprint density at radius 3 is 2.88 bits per heavy atom. The van der Waals surface area contributed by atoms with Crippen LogP contribution in [0.1, 0.15) is 19.3 Å². The Morgan fingerprint density at radius 2 is 2.17 bits per heavy atom. The standard InChI is InChI=1S/C17H19N3O3S/c1-24(22,23)16-9-5-4-8-15(16)20-12-14(11-18-20)19-17(21)10-13-6-2-3-7-13/h2,4-6,8-9,11-13H,3,7,10H2,1H3,(H,19,21)/t13-/m0/s1. The molecule has 1 aliphatic rings. The largest absolute Gasteiger partial charge is 0.323 e. The molecule has 24 heavy (non-hydrogen) atoms. The Hall–Kier alpha value is -2.41. The van der Waals surface area contributed by atoms with E-state index >= 15 is 0 Å². The SMILES string of the molecule is CS(=O)(=O)c1ccccc1-n1cc(NC(=O)C[C@H]2C=CCC2)cn1. The molecule has 1 heterocycles. The average molecular weight is 345 g/mol. The first kappa shape index (κ1) is 16.4. The molecule has 1 N–H and O–H groups in total. The van der Waals surface area contributed by atoms with E-state index in [1.807, 2.05) is 0 Å². The second kappa shape index (κ2) is 6.60. The van der Waals surface area contributed by atoms with Crippen LogP contribution in [0.15, 0.2) is 53.7 Å². The monoisotopic (exact) mass is 345 g/mol. The van der Waals surface area contributed by atoms with Gasteiger partial charge >= 0.3 is 0 Å². The number of carbonyl (C=O) groups is 1. The van der Waals surface area contributed by atoms with Crippen LogP contribution in [0.2, 0.25) is 0 Å². The topological polar surface area (TPSA) is 81.1 Å². The highest BCUT2D eigenvalue weighted by molar-refractivity contribution is 7.90. The maximum Gasteiger partial charge on any atom is 0.225 e. The minimum Gasteiger partial charge on any atom is -0.323 e. The van der Waals surface area contributed by atoms with Gasteiger partial charge in [-0.15, -0.1) is 0 Å². The Balaban J connectivity index is 1.76. The van der Waals surface area contributed by atoms with Crippen molar-refractivity contribution in [2.24, 2.45) is 5.92 Å². The quantitative estimate of drug-likeness (QED) is 0.845. The van der Waals surface area contributed by atoms with Crippen molar-refractivity contribution in [1.29, 1.82) is 0 Å². The molecule has 0 spiro atoms. The van der Waals surface area contributed by atoms with Gasteiger partial charge in [-0.1, -0.05) is 24.3 Å². The molecule has 7 heteroatoms. The average Bonchev–Trinajstić information content (AvgIpc) is 3.18. The lowest BCUT2D eigenvalue weighted by Gasteiger charge is -2.08. The summed E-state index contributed by atoms with van der Waals surface area (Å²) in [4.78, 5) is 12.3. The molecular weight excluding hydrogens is 326 g/mol. The molecule has 1 aliphatic carbocycles. The summed E-state index contributed by atoms with van der Waals surface area (Å²) in [6.07, 6.45) is 10.9. The lowest BCUT2D eigenvalue weighted by Crippen LogP contribution is -2.14. The molecule has 1 atom stereocenters. The van der Waals surface area contributed by atoms with Crippen LogP contribution in [0, 0.1) is 5.92 Å². The molecule has 0 unspecified atom stereocenters. The van der Waals surface area contributed by atoms with Gasteiger partial charge in [0.1, 0.15) is 0 Å². The first-order chi connectivity index (χ1) is 11.4. The number of anilines is 1. The summed E-state index contributed by atoms with van der Waals surface area (Å²) >= 11 is 0. The van der Waals surface area contributed by atoms with Gasteiger partial charge in [0.2, 0.25) is 5.91 Å². The van der Waals surface area contributed by atoms with Crippen LogP contribution in [0.5, 0.6) is 0 Å². The van der Waals surface area contributed by atoms with Crippen molar-refractivity contribution in [3.63, 3.8) is 0 Å². The predicted molar refractivity (Wildman–Crippen MR) is 91.8 cm³/mol. The van der Waals surface area contributed by atoms with Crippen LogP contribution in [0.4, 0.5) is 5.69 Å². The minimum absolute atomic E-state index is 0.0671. The molecule has 3 rings (SSSR count). The molecule has 6 nitrogen and oxygen atoms in total. The van der Waals surface area contributed by atoms with Crippen LogP contribution in [-0.4, -0.2) is 30.4 Å². The summed E-state index contributed by atoms with van der Waals surface area (Å²) in [6, 6.07) is 6.63. The van der Waals surface area contributed by atoms with Gasteiger partial charge < -0.3 is 5.32 Å². The number of hydrogen-bond donors (Lipinski definition) is 1. The maximum absolute atomic E-state index is 12.1. The number of rotatable bonds is 5. The number of allylic oxidation sites excluding steroid dienone is 2. The Morgan fingerprint density at radius 1 is 1.38 bits per heavy atom. The lowest BCUT2D eigenvalue weighted by molar-refractivity contribution is -0.116. The highest BCUT2D eigenvalue weighted by atomic mass is 32.2. The van der Waals surface area contributed by atoms with Gasteiger partial charge in [-0.25, -0.2) is 13.1 Å². The van der Waals surface area contributed by atoms with E-state index in [1.54, 1.807) is 24.4 Å². The smallest absolute Gasteiger partial charge is 0.225 e. The summed E-state index contributed by atoms with van der Waals surface area (Å²) in [6.45, 7) is 0. The molecule has 0 radical (unpaired) electrons. The minimum atomic E-state index is -3.37. The third-order valence-corrected chi connectivity index (χ3v) is 5.08. The molecule has 2 aromatic rings. The van der Waals surface area contributed by atoms with Crippen LogP contribution < -0.4 is 5.32 Å². The van der Waals surface area contributed by atoms with Crippen molar-refractivity contribution in [2.75, 3.05) is 11.6 Å². The number of aromatic nitrogens is 2. The number of nitrogens with zero attached hydrogens (tertiary/aromatic N) is 2. The van der Waals surface area contributed by atoms with E-state index in [0.717, 1.165) is 19.1 Å². The van der Waals surface area contributed by atoms with E-state index in [0.29, 0.717) is 23.7 Å². The van der Waals surface area contributed by atoms with Gasteiger partial charge in [0.25, 0.3) is 0 Å². The molecule has 0 saturated carbocycles. The molecule has 126 valence electrons. The molecule has 0 bridgehead atoms. The van der Waals surface area contributed by atoms with E-state index < -0.39 is 9.84 Å². The van der Waals surface area contributed by atoms with Gasteiger partial charge in [0.05, 0.1) is 28.7 Å². The van der Waals surface area contributed by atoms with Crippen molar-refractivity contribution >= 4 is 21.4 Å². The molecule has 1 aromatic heterocycles. The normalized spacial score (nSPS) is 17.1. The fraction of sp³-hybridized carbons (Fsp3) is 0.294. The van der Waals surface area contributed by atoms with Crippen molar-refractivity contribution in [1.82, 2.24) is 9.78 Å². The van der Waals surface area contributed by atoms with E-state index in [9.17, 15) is 13.2 Å². The van der Waals surface area contributed by atoms with Gasteiger partial charge in [-0.3, -0.25) is 4.79 Å². The number of sulfone groups is 1. The summed E-state index contributed by atoms with van der Waals surface area (Å²) < 4.78 is 25.2. The lowest BCUT2D eigenvalue weighted by atomic mass is 10.1. The van der Waals surface area contributed by atoms with Gasteiger partial charge in [0.15, 0.2) is 9.84 Å². The molecule has 0 fully saturated rings. The van der Waals surface area contributed by atoms with Crippen molar-refractivity contribution < 1.29 is 13.2 Å². The van der Waals surface area contributed by atoms with E-state index in [2.05, 4.69) is 22.6 Å². The van der Waals surface area contributed by atoms with Crippen molar-refractivity contribution in [3.8, 4) is 5.69 Å². The van der Waals surface area contributed by atoms with Crippen LogP contribution in [0.25, 0.3) is 5.69 Å². The number of amides is 1. The van der Waals surface area contributed by atoms with Crippen LogP contribution in [0.3, 0.4) is 0 Å². The summed E-state index contributed by atoms with van der Waals surface area (Å²) in [7, 11) is -3.37. The summed E-state index contributed by atoms with van der Waals surface area (Å²) in [5.41, 5.74) is 1.00. The molecule has 1 aromatic carbocycles. The fourth-order valence-corrected chi connectivity index (χ4v) is 3.66. The number of benzene rings is 1. The first-order valence-corrected chi connectivity index (χ1v) is 9.63. The Kier molecular flexibility index (Phi) is 4.53. The van der Waals surface area contributed by atoms with Crippen molar-refractivity contribution in [3.05, 3.63) is 48.8 Å². The maximum atomic E-state index is 12.1. The zero-order chi connectivity index (χ0) is 17.2. The van der Waals surface area contributed by atoms with E-state index in [4.69, 9.17) is 0 Å². The number of hydrogen-bond acceptors (Lipinski definition) is 4. The van der Waals surface area contributed by atoms with E-state index in [1.165, 1.54) is 16.9 Å². The van der Waals surface area contributed by atoms with Crippen LogP contribution in [-0.2, 0) is 14.6 Å². The van der Waals surface area contributed by atoms with Gasteiger partial charge in [-0.05, 0) is 30.9 Å². The van der Waals surface area contributed by atoms with Gasteiger partial charge in [-0.2, -0.15) is 5.10 Å². The summed E-state index contributed by atoms with van der Waals surface area (Å²) in [5, 5.41) is 6.98. The third-order valence-electron chi connectivity index (χ3n) is 3.94. The second-order valence-corrected chi connectivity index (χ2v) is 7.92. The number of nitrogens with one attached hydrogen (secondary N) is 1. The number of para-hydroxylation sites is 1. The first-order valence-electron chi connectivity index (χ1n) is 7.74. The van der Waals surface area contributed by atoms with Crippen molar-refractivity contribution in [2.45, 2.75) is 24.2 Å². The molecule has 0 saturated heterocycles. The molecule has 1 amide bonds. The van der Waals surface area contributed by atoms with Crippen LogP contribution >= 0.6 is 0 Å². The third kappa shape index (κ3) is 3.73. The highest BCUT2D eigenvalue weighted by Crippen LogP contribution is 2.22. The zero-order valence-electron chi connectivity index (χ0n) is 13.3. The highest BCUT2D eigenvalue weighted by Gasteiger charge is 2.17. The fourth-order valence-electron chi connectivity index (χ4n) is 2.79. The second-order valence-electron chi connectivity index (χ2n) is 5.93. The van der Waals surface area contributed by atoms with Gasteiger partial charge in [0, 0.05) is 12.7 Å². The zero-order valence-corrected chi connectivity index (χ0v) is 14.2. The molecule has 0 aliphatic heterocycles. The predicted octanol–water partition coefficient (Wildman–Crippen LogP) is 2.57.